The van der Waals surface area contributed by atoms with Gasteiger partial charge in [-0.25, -0.2) is 9.18 Å². The van der Waals surface area contributed by atoms with Crippen molar-refractivity contribution in [3.05, 3.63) is 50.9 Å². The number of rotatable bonds is 11. The fourth-order valence-corrected chi connectivity index (χ4v) is 3.74. The summed E-state index contributed by atoms with van der Waals surface area (Å²) in [5, 5.41) is 7.92. The van der Waals surface area contributed by atoms with Crippen molar-refractivity contribution in [2.24, 2.45) is 0 Å². The number of hydrogen-bond donors (Lipinski definition) is 2. The summed E-state index contributed by atoms with van der Waals surface area (Å²) in [6.07, 6.45) is 1.48. The first-order valence-electron chi connectivity index (χ1n) is 10.5. The third-order valence-electron chi connectivity index (χ3n) is 4.86. The number of halogens is 1. The number of methoxy groups -OCH3 is 1. The van der Waals surface area contributed by atoms with Crippen molar-refractivity contribution >= 4 is 29.2 Å². The Morgan fingerprint density at radius 1 is 1.29 bits per heavy atom. The van der Waals surface area contributed by atoms with Crippen molar-refractivity contribution in [1.29, 1.82) is 0 Å². The molecule has 0 atom stereocenters. The molecule has 0 saturated carbocycles. The van der Waals surface area contributed by atoms with E-state index >= 15 is 0 Å². The minimum atomic E-state index is -0.763. The van der Waals surface area contributed by atoms with Crippen LogP contribution in [0.4, 0.5) is 15.9 Å². The number of ether oxygens (including phenoxy) is 1. The lowest BCUT2D eigenvalue weighted by molar-refractivity contribution is -0.116. The van der Waals surface area contributed by atoms with Gasteiger partial charge in [0, 0.05) is 25.8 Å². The molecule has 2 aromatic heterocycles. The van der Waals surface area contributed by atoms with Crippen molar-refractivity contribution in [1.82, 2.24) is 19.7 Å². The molecule has 11 nitrogen and oxygen atoms in total. The van der Waals surface area contributed by atoms with Gasteiger partial charge in [0.15, 0.2) is 5.69 Å². The molecule has 2 heterocycles. The van der Waals surface area contributed by atoms with Gasteiger partial charge < -0.3 is 19.8 Å². The van der Waals surface area contributed by atoms with Crippen molar-refractivity contribution in [3.63, 3.8) is 0 Å². The molecule has 0 aliphatic carbocycles. The number of nitrogen functional groups attached to an aromatic ring is 1. The highest BCUT2D eigenvalue weighted by atomic mass is 32.2. The molecule has 0 aliphatic rings. The van der Waals surface area contributed by atoms with E-state index in [1.807, 2.05) is 6.92 Å². The zero-order valence-electron chi connectivity index (χ0n) is 18.7. The molecule has 0 bridgehead atoms. The fraction of sp³-hybridized carbons (Fsp3) is 0.381. The summed E-state index contributed by atoms with van der Waals surface area (Å²) in [6, 6.07) is 5.53. The van der Waals surface area contributed by atoms with Gasteiger partial charge in [-0.15, -0.1) is 10.2 Å². The number of thioether (sulfide) groups is 1. The van der Waals surface area contributed by atoms with Gasteiger partial charge in [-0.05, 0) is 30.7 Å². The Morgan fingerprint density at radius 3 is 2.71 bits per heavy atom. The fourth-order valence-electron chi connectivity index (χ4n) is 3.10. The van der Waals surface area contributed by atoms with Crippen LogP contribution < -0.4 is 21.9 Å². The quantitative estimate of drug-likeness (QED) is 0.383. The summed E-state index contributed by atoms with van der Waals surface area (Å²) in [5.74, 6) is -0.929. The van der Waals surface area contributed by atoms with Crippen molar-refractivity contribution < 1.29 is 18.3 Å². The summed E-state index contributed by atoms with van der Waals surface area (Å²) in [5.41, 5.74) is 5.18. The van der Waals surface area contributed by atoms with E-state index in [1.165, 1.54) is 40.8 Å². The smallest absolute Gasteiger partial charge is 0.330 e. The molecule has 1 aromatic carbocycles. The number of carbonyl (C=O) groups is 1. The normalized spacial score (nSPS) is 11.0. The molecule has 0 saturated heterocycles. The topological polar surface area (TPSA) is 149 Å². The van der Waals surface area contributed by atoms with Crippen LogP contribution >= 0.6 is 11.8 Å². The molecule has 34 heavy (non-hydrogen) atoms. The molecule has 0 spiro atoms. The molecule has 3 rings (SSSR count). The summed E-state index contributed by atoms with van der Waals surface area (Å²) in [4.78, 5) is 41.3. The van der Waals surface area contributed by atoms with E-state index in [1.54, 1.807) is 0 Å². The molecule has 3 aromatic rings. The lowest BCUT2D eigenvalue weighted by Crippen LogP contribution is -2.43. The highest BCUT2D eigenvalue weighted by Gasteiger charge is 2.25. The average Bonchev–Trinajstić information content (AvgIpc) is 3.29. The van der Waals surface area contributed by atoms with E-state index in [0.29, 0.717) is 18.5 Å². The van der Waals surface area contributed by atoms with Crippen LogP contribution in [0.3, 0.4) is 0 Å². The van der Waals surface area contributed by atoms with Crippen LogP contribution in [0.25, 0.3) is 11.5 Å². The maximum Gasteiger partial charge on any atom is 0.330 e. The highest BCUT2D eigenvalue weighted by molar-refractivity contribution is 7.99. The van der Waals surface area contributed by atoms with Gasteiger partial charge >= 0.3 is 5.69 Å². The van der Waals surface area contributed by atoms with Gasteiger partial charge in [-0.1, -0.05) is 25.1 Å². The minimum Gasteiger partial charge on any atom is -0.411 e. The molecular formula is C21H25FN6O5S. The summed E-state index contributed by atoms with van der Waals surface area (Å²) in [7, 11) is 1.46. The Bertz CT molecular complexity index is 1240. The summed E-state index contributed by atoms with van der Waals surface area (Å²) >= 11 is 0.969. The van der Waals surface area contributed by atoms with Gasteiger partial charge in [0.2, 0.25) is 11.8 Å². The average molecular weight is 493 g/mol. The van der Waals surface area contributed by atoms with Crippen LogP contribution in [0.15, 0.2) is 43.5 Å². The van der Waals surface area contributed by atoms with Crippen LogP contribution in [0.2, 0.25) is 0 Å². The Labute approximate surface area is 198 Å². The second-order valence-corrected chi connectivity index (χ2v) is 8.13. The second-order valence-electron chi connectivity index (χ2n) is 7.21. The van der Waals surface area contributed by atoms with Crippen LogP contribution in [-0.2, 0) is 16.1 Å². The van der Waals surface area contributed by atoms with Crippen LogP contribution in [0.5, 0.6) is 0 Å². The number of nitrogens with one attached hydrogen (secondary N) is 1. The van der Waals surface area contributed by atoms with E-state index in [2.05, 4.69) is 15.2 Å². The zero-order valence-corrected chi connectivity index (χ0v) is 19.6. The molecule has 3 N–H and O–H groups in total. The van der Waals surface area contributed by atoms with Crippen molar-refractivity contribution in [2.45, 2.75) is 31.5 Å². The van der Waals surface area contributed by atoms with Gasteiger partial charge in [0.1, 0.15) is 11.6 Å². The monoisotopic (exact) mass is 492 g/mol. The van der Waals surface area contributed by atoms with Gasteiger partial charge in [-0.2, -0.15) is 0 Å². The number of hydrogen-bond acceptors (Lipinski definition) is 9. The number of aromatic nitrogens is 4. The lowest BCUT2D eigenvalue weighted by Gasteiger charge is -2.24. The maximum absolute atomic E-state index is 13.1. The van der Waals surface area contributed by atoms with Crippen molar-refractivity contribution in [3.8, 4) is 11.5 Å². The Balaban J connectivity index is 1.81. The predicted octanol–water partition coefficient (Wildman–Crippen LogP) is 1.88. The standard InChI is InChI=1S/C21H25FN6O5S/c1-3-4-9-28-17(23)16(18(30)24-20(28)31)27(10-11-32-2)15(29)12-34-21-26-25-19(33-21)13-5-7-14(22)8-6-13/h5-8H,3-4,9-12,23H2,1-2H3,(H,24,30,31). The zero-order chi connectivity index (χ0) is 24.7. The van der Waals surface area contributed by atoms with Crippen LogP contribution in [-0.4, -0.2) is 51.7 Å². The Kier molecular flexibility index (Phi) is 8.60. The molecule has 0 aliphatic heterocycles. The third-order valence-corrected chi connectivity index (χ3v) is 5.66. The first kappa shape index (κ1) is 25.2. The first-order valence-corrected chi connectivity index (χ1v) is 11.5. The number of nitrogens with two attached hydrogens (primary N) is 1. The number of amides is 1. The SMILES string of the molecule is CCCCn1c(N)c(N(CCOC)C(=O)CSc2nnc(-c3ccc(F)cc3)o2)c(=O)[nH]c1=O. The molecule has 182 valence electrons. The van der Waals surface area contributed by atoms with Gasteiger partial charge in [0.05, 0.1) is 12.4 Å². The minimum absolute atomic E-state index is 0.0415. The van der Waals surface area contributed by atoms with E-state index < -0.39 is 23.0 Å². The summed E-state index contributed by atoms with van der Waals surface area (Å²) in [6.45, 7) is 2.44. The first-order chi connectivity index (χ1) is 16.3. The Morgan fingerprint density at radius 2 is 2.03 bits per heavy atom. The van der Waals surface area contributed by atoms with E-state index in [-0.39, 0.29) is 41.5 Å². The molecule has 0 radical (unpaired) electrons. The molecular weight excluding hydrogens is 467 g/mol. The van der Waals surface area contributed by atoms with E-state index in [4.69, 9.17) is 14.9 Å². The predicted molar refractivity (Wildman–Crippen MR) is 125 cm³/mol. The van der Waals surface area contributed by atoms with Gasteiger partial charge in [0.25, 0.3) is 10.8 Å². The molecule has 0 fully saturated rings. The molecule has 0 unspecified atom stereocenters. The molecule has 13 heteroatoms. The second kappa shape index (κ2) is 11.6. The number of H-pyrrole nitrogens is 1. The number of benzene rings is 1. The maximum atomic E-state index is 13.1. The highest BCUT2D eigenvalue weighted by Crippen LogP contribution is 2.25. The van der Waals surface area contributed by atoms with Gasteiger partial charge in [-0.3, -0.25) is 19.1 Å². The summed E-state index contributed by atoms with van der Waals surface area (Å²) < 4.78 is 25.0. The van der Waals surface area contributed by atoms with Crippen molar-refractivity contribution in [2.75, 3.05) is 36.6 Å². The number of carbonyl (C=O) groups excluding carboxylic acids is 1. The third kappa shape index (κ3) is 5.91. The Hall–Kier alpha value is -3.45. The lowest BCUT2D eigenvalue weighted by atomic mass is 10.2. The van der Waals surface area contributed by atoms with Crippen LogP contribution in [0.1, 0.15) is 19.8 Å². The largest absolute Gasteiger partial charge is 0.411 e. The van der Waals surface area contributed by atoms with Crippen LogP contribution in [0, 0.1) is 5.82 Å². The number of aromatic amines is 1. The number of unbranched alkanes of at least 4 members (excludes halogenated alkanes) is 1. The van der Waals surface area contributed by atoms with E-state index in [9.17, 15) is 18.8 Å². The number of nitrogens with zero attached hydrogens (tertiary/aromatic N) is 4. The molecule has 1 amide bonds. The number of anilines is 2. The van der Waals surface area contributed by atoms with E-state index in [0.717, 1.165) is 18.2 Å².